The topological polar surface area (TPSA) is 77.2 Å². The monoisotopic (exact) mass is 293 g/mol. The van der Waals surface area contributed by atoms with E-state index in [1.54, 1.807) is 0 Å². The van der Waals surface area contributed by atoms with E-state index in [1.165, 1.54) is 11.3 Å². The lowest BCUT2D eigenvalue weighted by molar-refractivity contribution is -0.116. The Morgan fingerprint density at radius 1 is 1.55 bits per heavy atom. The Hall–Kier alpha value is -1.66. The third-order valence-electron chi connectivity index (χ3n) is 2.74. The minimum absolute atomic E-state index is 0.0323. The van der Waals surface area contributed by atoms with Gasteiger partial charge in [0.1, 0.15) is 5.75 Å². The van der Waals surface area contributed by atoms with Gasteiger partial charge in [0.25, 0.3) is 0 Å². The number of carbonyl (C=O) groups excluding carboxylic acids is 1. The normalized spacial score (nSPS) is 12.3. The molecule has 108 valence electrons. The van der Waals surface area contributed by atoms with Crippen LogP contribution in [-0.4, -0.2) is 23.5 Å². The number of ether oxygens (including phenoxy) is 1. The average Bonchev–Trinajstić information content (AvgIpc) is 2.78. The number of nitrogens with zero attached hydrogens (tertiary/aromatic N) is 1. The number of amides is 1. The molecule has 1 amide bonds. The zero-order valence-corrected chi connectivity index (χ0v) is 12.5. The van der Waals surface area contributed by atoms with Gasteiger partial charge in [-0.1, -0.05) is 11.3 Å². The van der Waals surface area contributed by atoms with Gasteiger partial charge >= 0.3 is 0 Å². The van der Waals surface area contributed by atoms with E-state index in [1.807, 2.05) is 32.0 Å². The maximum atomic E-state index is 11.7. The minimum atomic E-state index is -0.0496. The predicted octanol–water partition coefficient (Wildman–Crippen LogP) is 2.76. The Morgan fingerprint density at radius 2 is 2.35 bits per heavy atom. The molecule has 2 aromatic rings. The maximum absolute atomic E-state index is 11.7. The van der Waals surface area contributed by atoms with Gasteiger partial charge in [-0.15, -0.1) is 0 Å². The molecule has 0 saturated carbocycles. The van der Waals surface area contributed by atoms with E-state index < -0.39 is 0 Å². The van der Waals surface area contributed by atoms with Crippen molar-refractivity contribution in [3.8, 4) is 5.75 Å². The lowest BCUT2D eigenvalue weighted by Crippen LogP contribution is -2.19. The van der Waals surface area contributed by atoms with Crippen LogP contribution in [-0.2, 0) is 4.79 Å². The SMILES string of the molecule is CCOc1ccc2nc(NC(=O)CCC(C)N)sc2c1. The van der Waals surface area contributed by atoms with Gasteiger partial charge in [-0.25, -0.2) is 4.98 Å². The number of fused-ring (bicyclic) bond motifs is 1. The molecule has 1 unspecified atom stereocenters. The number of nitrogens with one attached hydrogen (secondary N) is 1. The quantitative estimate of drug-likeness (QED) is 0.858. The Bertz CT molecular complexity index is 595. The van der Waals surface area contributed by atoms with Gasteiger partial charge < -0.3 is 15.8 Å². The molecule has 3 N–H and O–H groups in total. The van der Waals surface area contributed by atoms with Crippen LogP contribution < -0.4 is 15.8 Å². The van der Waals surface area contributed by atoms with Gasteiger partial charge in [0.2, 0.25) is 5.91 Å². The van der Waals surface area contributed by atoms with Gasteiger partial charge in [0, 0.05) is 12.5 Å². The molecule has 0 spiro atoms. The van der Waals surface area contributed by atoms with E-state index in [9.17, 15) is 4.79 Å². The van der Waals surface area contributed by atoms with E-state index in [4.69, 9.17) is 10.5 Å². The molecular formula is C14H19N3O2S. The van der Waals surface area contributed by atoms with Crippen molar-refractivity contribution < 1.29 is 9.53 Å². The van der Waals surface area contributed by atoms with Gasteiger partial charge in [0.05, 0.1) is 16.8 Å². The summed E-state index contributed by atoms with van der Waals surface area (Å²) in [6.45, 7) is 4.46. The molecule has 0 aliphatic rings. The van der Waals surface area contributed by atoms with Gasteiger partial charge in [-0.3, -0.25) is 4.79 Å². The highest BCUT2D eigenvalue weighted by Crippen LogP contribution is 2.29. The number of nitrogens with two attached hydrogens (primary N) is 1. The van der Waals surface area contributed by atoms with Crippen LogP contribution in [0.25, 0.3) is 10.2 Å². The Labute approximate surface area is 122 Å². The molecule has 0 fully saturated rings. The van der Waals surface area contributed by atoms with E-state index in [2.05, 4.69) is 10.3 Å². The number of hydrogen-bond acceptors (Lipinski definition) is 5. The van der Waals surface area contributed by atoms with Crippen molar-refractivity contribution in [2.75, 3.05) is 11.9 Å². The van der Waals surface area contributed by atoms with Crippen molar-refractivity contribution in [2.24, 2.45) is 5.73 Å². The fourth-order valence-electron chi connectivity index (χ4n) is 1.76. The molecule has 1 aromatic heterocycles. The molecule has 1 heterocycles. The third kappa shape index (κ3) is 3.91. The molecule has 1 atom stereocenters. The van der Waals surface area contributed by atoms with E-state index in [-0.39, 0.29) is 11.9 Å². The molecule has 6 heteroatoms. The van der Waals surface area contributed by atoms with E-state index in [0.717, 1.165) is 16.0 Å². The van der Waals surface area contributed by atoms with E-state index in [0.29, 0.717) is 24.6 Å². The first kappa shape index (κ1) is 14.7. The number of hydrogen-bond donors (Lipinski definition) is 2. The first-order chi connectivity index (χ1) is 9.58. The van der Waals surface area contributed by atoms with Crippen molar-refractivity contribution in [3.05, 3.63) is 18.2 Å². The van der Waals surface area contributed by atoms with Crippen LogP contribution in [0.3, 0.4) is 0 Å². The predicted molar refractivity (Wildman–Crippen MR) is 82.3 cm³/mol. The minimum Gasteiger partial charge on any atom is -0.494 e. The number of rotatable bonds is 6. The summed E-state index contributed by atoms with van der Waals surface area (Å²) >= 11 is 1.45. The lowest BCUT2D eigenvalue weighted by atomic mass is 10.2. The zero-order valence-electron chi connectivity index (χ0n) is 11.7. The third-order valence-corrected chi connectivity index (χ3v) is 3.68. The van der Waals surface area contributed by atoms with Crippen LogP contribution in [0.5, 0.6) is 5.75 Å². The summed E-state index contributed by atoms with van der Waals surface area (Å²) in [5, 5.41) is 3.42. The highest BCUT2D eigenvalue weighted by atomic mass is 32.1. The number of benzene rings is 1. The number of thiazole rings is 1. The molecule has 2 rings (SSSR count). The van der Waals surface area contributed by atoms with Crippen molar-refractivity contribution in [1.82, 2.24) is 4.98 Å². The second-order valence-electron chi connectivity index (χ2n) is 4.65. The zero-order chi connectivity index (χ0) is 14.5. The number of anilines is 1. The van der Waals surface area contributed by atoms with Crippen LogP contribution in [0.15, 0.2) is 18.2 Å². The summed E-state index contributed by atoms with van der Waals surface area (Å²) in [6, 6.07) is 5.75. The second kappa shape index (κ2) is 6.67. The number of carbonyl (C=O) groups is 1. The summed E-state index contributed by atoms with van der Waals surface area (Å²) in [5.41, 5.74) is 6.50. The Balaban J connectivity index is 2.05. The maximum Gasteiger partial charge on any atom is 0.226 e. The molecule has 0 bridgehead atoms. The fraction of sp³-hybridized carbons (Fsp3) is 0.429. The molecule has 1 aromatic carbocycles. The van der Waals surface area contributed by atoms with Crippen LogP contribution in [0.2, 0.25) is 0 Å². The van der Waals surface area contributed by atoms with Gasteiger partial charge in [-0.2, -0.15) is 0 Å². The van der Waals surface area contributed by atoms with Gasteiger partial charge in [-0.05, 0) is 38.5 Å². The molecule has 0 aliphatic carbocycles. The van der Waals surface area contributed by atoms with E-state index >= 15 is 0 Å². The molecular weight excluding hydrogens is 274 g/mol. The van der Waals surface area contributed by atoms with Crippen LogP contribution in [0.4, 0.5) is 5.13 Å². The summed E-state index contributed by atoms with van der Waals surface area (Å²) in [5.74, 6) is 0.768. The standard InChI is InChI=1S/C14H19N3O2S/c1-3-19-10-5-6-11-12(8-10)20-14(16-11)17-13(18)7-4-9(2)15/h5-6,8-9H,3-4,7,15H2,1-2H3,(H,16,17,18). The van der Waals surface area contributed by atoms with Crippen molar-refractivity contribution in [3.63, 3.8) is 0 Å². The van der Waals surface area contributed by atoms with Gasteiger partial charge in [0.15, 0.2) is 5.13 Å². The summed E-state index contributed by atoms with van der Waals surface area (Å²) in [7, 11) is 0. The fourth-order valence-corrected chi connectivity index (χ4v) is 2.67. The smallest absolute Gasteiger partial charge is 0.226 e. The summed E-state index contributed by atoms with van der Waals surface area (Å²) in [6.07, 6.45) is 1.09. The first-order valence-electron chi connectivity index (χ1n) is 6.67. The highest BCUT2D eigenvalue weighted by Gasteiger charge is 2.09. The Morgan fingerprint density at radius 3 is 3.05 bits per heavy atom. The second-order valence-corrected chi connectivity index (χ2v) is 5.68. The van der Waals surface area contributed by atoms with Crippen molar-refractivity contribution >= 4 is 32.6 Å². The largest absolute Gasteiger partial charge is 0.494 e. The molecule has 0 saturated heterocycles. The molecule has 0 aliphatic heterocycles. The Kier molecular flexibility index (Phi) is 4.92. The van der Waals surface area contributed by atoms with Crippen LogP contribution in [0, 0.1) is 0 Å². The van der Waals surface area contributed by atoms with Crippen molar-refractivity contribution in [2.45, 2.75) is 32.7 Å². The summed E-state index contributed by atoms with van der Waals surface area (Å²) in [4.78, 5) is 16.1. The molecule has 0 radical (unpaired) electrons. The van der Waals surface area contributed by atoms with Crippen LogP contribution in [0.1, 0.15) is 26.7 Å². The number of aromatic nitrogens is 1. The highest BCUT2D eigenvalue weighted by molar-refractivity contribution is 7.22. The summed E-state index contributed by atoms with van der Waals surface area (Å²) < 4.78 is 6.45. The first-order valence-corrected chi connectivity index (χ1v) is 7.49. The molecule has 5 nitrogen and oxygen atoms in total. The average molecular weight is 293 g/mol. The molecule has 20 heavy (non-hydrogen) atoms. The van der Waals surface area contributed by atoms with Crippen molar-refractivity contribution in [1.29, 1.82) is 0 Å². The lowest BCUT2D eigenvalue weighted by Gasteiger charge is -2.03. The van der Waals surface area contributed by atoms with Crippen LogP contribution >= 0.6 is 11.3 Å².